The zero-order valence-electron chi connectivity index (χ0n) is 10.9. The second kappa shape index (κ2) is 7.79. The largest absolute Gasteiger partial charge is 0.481 e. The summed E-state index contributed by atoms with van der Waals surface area (Å²) in [6.07, 6.45) is 2.39. The van der Waals surface area contributed by atoms with Crippen LogP contribution in [0, 0.1) is 6.92 Å². The summed E-state index contributed by atoms with van der Waals surface area (Å²) in [6, 6.07) is 5.21. The van der Waals surface area contributed by atoms with Crippen LogP contribution >= 0.6 is 11.6 Å². The van der Waals surface area contributed by atoms with Crippen LogP contribution in [0.5, 0.6) is 0 Å². The number of carboxylic acid groups (broad SMARTS) is 1. The minimum atomic E-state index is -0.779. The van der Waals surface area contributed by atoms with Crippen molar-refractivity contribution in [3.8, 4) is 0 Å². The van der Waals surface area contributed by atoms with E-state index in [1.165, 1.54) is 0 Å². The third-order valence-corrected chi connectivity index (χ3v) is 3.03. The summed E-state index contributed by atoms with van der Waals surface area (Å²) in [4.78, 5) is 22.2. The van der Waals surface area contributed by atoms with Crippen LogP contribution in [0.4, 0.5) is 0 Å². The van der Waals surface area contributed by atoms with Crippen LogP contribution in [0.3, 0.4) is 0 Å². The summed E-state index contributed by atoms with van der Waals surface area (Å²) in [5, 5.41) is 11.8. The van der Waals surface area contributed by atoms with E-state index in [0.29, 0.717) is 23.6 Å². The quantitative estimate of drug-likeness (QED) is 0.756. The maximum absolute atomic E-state index is 11.9. The zero-order valence-corrected chi connectivity index (χ0v) is 11.7. The minimum Gasteiger partial charge on any atom is -0.481 e. The first-order chi connectivity index (χ1) is 9.00. The van der Waals surface area contributed by atoms with Crippen LogP contribution in [-0.2, 0) is 4.79 Å². The highest BCUT2D eigenvalue weighted by molar-refractivity contribution is 6.31. The van der Waals surface area contributed by atoms with Gasteiger partial charge >= 0.3 is 5.97 Å². The average molecular weight is 284 g/mol. The fourth-order valence-corrected chi connectivity index (χ4v) is 1.89. The number of nitrogens with one attached hydrogen (secondary N) is 1. The fourth-order valence-electron chi connectivity index (χ4n) is 1.71. The molecule has 0 heterocycles. The summed E-state index contributed by atoms with van der Waals surface area (Å²) in [6.45, 7) is 2.41. The van der Waals surface area contributed by atoms with Crippen LogP contribution in [0.15, 0.2) is 18.2 Å². The predicted octanol–water partition coefficient (Wildman–Crippen LogP) is 3.02. The Kier molecular flexibility index (Phi) is 6.36. The van der Waals surface area contributed by atoms with Crippen molar-refractivity contribution in [3.05, 3.63) is 34.3 Å². The van der Waals surface area contributed by atoms with Crippen molar-refractivity contribution in [2.75, 3.05) is 6.54 Å². The second-order valence-electron chi connectivity index (χ2n) is 4.42. The SMILES string of the molecule is Cc1ccc(Cl)cc1C(=O)NCCCCCC(=O)O. The third kappa shape index (κ3) is 5.75. The molecule has 0 unspecified atom stereocenters. The molecule has 0 fully saturated rings. The summed E-state index contributed by atoms with van der Waals surface area (Å²) in [7, 11) is 0. The van der Waals surface area contributed by atoms with E-state index in [9.17, 15) is 9.59 Å². The van der Waals surface area contributed by atoms with Crippen molar-refractivity contribution < 1.29 is 14.7 Å². The number of aryl methyl sites for hydroxylation is 1. The number of carbonyl (C=O) groups excluding carboxylic acids is 1. The Hall–Kier alpha value is -1.55. The van der Waals surface area contributed by atoms with E-state index in [2.05, 4.69) is 5.32 Å². The lowest BCUT2D eigenvalue weighted by Crippen LogP contribution is -2.25. The standard InChI is InChI=1S/C14H18ClNO3/c1-10-6-7-11(15)9-12(10)14(19)16-8-4-2-3-5-13(17)18/h6-7,9H,2-5,8H2,1H3,(H,16,19)(H,17,18). The number of halogens is 1. The number of benzene rings is 1. The van der Waals surface area contributed by atoms with Gasteiger partial charge in [-0.3, -0.25) is 9.59 Å². The lowest BCUT2D eigenvalue weighted by Gasteiger charge is -2.07. The molecule has 2 N–H and O–H groups in total. The molecule has 0 saturated heterocycles. The van der Waals surface area contributed by atoms with Crippen molar-refractivity contribution in [1.82, 2.24) is 5.32 Å². The van der Waals surface area contributed by atoms with Gasteiger partial charge in [0.1, 0.15) is 0 Å². The molecule has 0 aliphatic heterocycles. The maximum Gasteiger partial charge on any atom is 0.303 e. The van der Waals surface area contributed by atoms with E-state index < -0.39 is 5.97 Å². The smallest absolute Gasteiger partial charge is 0.303 e. The number of hydrogen-bond donors (Lipinski definition) is 2. The lowest BCUT2D eigenvalue weighted by atomic mass is 10.1. The minimum absolute atomic E-state index is 0.141. The lowest BCUT2D eigenvalue weighted by molar-refractivity contribution is -0.137. The van der Waals surface area contributed by atoms with E-state index >= 15 is 0 Å². The monoisotopic (exact) mass is 283 g/mol. The van der Waals surface area contributed by atoms with Gasteiger partial charge in [-0.1, -0.05) is 24.1 Å². The highest BCUT2D eigenvalue weighted by atomic mass is 35.5. The number of rotatable bonds is 7. The van der Waals surface area contributed by atoms with E-state index in [1.807, 2.05) is 13.0 Å². The first-order valence-electron chi connectivity index (χ1n) is 6.27. The van der Waals surface area contributed by atoms with E-state index in [-0.39, 0.29) is 12.3 Å². The van der Waals surface area contributed by atoms with Gasteiger partial charge in [0.2, 0.25) is 0 Å². The fraction of sp³-hybridized carbons (Fsp3) is 0.429. The van der Waals surface area contributed by atoms with Crippen molar-refractivity contribution in [2.45, 2.75) is 32.6 Å². The number of aliphatic carboxylic acids is 1. The number of carboxylic acids is 1. The van der Waals surface area contributed by atoms with Gasteiger partial charge < -0.3 is 10.4 Å². The van der Waals surface area contributed by atoms with E-state index in [4.69, 9.17) is 16.7 Å². The molecule has 0 aromatic heterocycles. The van der Waals surface area contributed by atoms with Crippen molar-refractivity contribution >= 4 is 23.5 Å². The molecule has 0 saturated carbocycles. The van der Waals surface area contributed by atoms with Crippen LogP contribution in [0.2, 0.25) is 5.02 Å². The molecule has 5 heteroatoms. The average Bonchev–Trinajstić information content (AvgIpc) is 2.36. The molecule has 19 heavy (non-hydrogen) atoms. The second-order valence-corrected chi connectivity index (χ2v) is 4.86. The van der Waals surface area contributed by atoms with Crippen molar-refractivity contribution in [1.29, 1.82) is 0 Å². The Bertz CT molecular complexity index is 460. The Balaban J connectivity index is 2.31. The Morgan fingerprint density at radius 1 is 1.26 bits per heavy atom. The van der Waals surface area contributed by atoms with Crippen molar-refractivity contribution in [3.63, 3.8) is 0 Å². The summed E-state index contributed by atoms with van der Waals surface area (Å²) in [5.74, 6) is -0.920. The molecule has 0 radical (unpaired) electrons. The Morgan fingerprint density at radius 2 is 2.00 bits per heavy atom. The predicted molar refractivity (Wildman–Crippen MR) is 74.6 cm³/mol. The molecule has 1 aromatic carbocycles. The van der Waals surface area contributed by atoms with Crippen LogP contribution in [0.1, 0.15) is 41.6 Å². The highest BCUT2D eigenvalue weighted by Crippen LogP contribution is 2.15. The van der Waals surface area contributed by atoms with Crippen LogP contribution < -0.4 is 5.32 Å². The van der Waals surface area contributed by atoms with Gasteiger partial charge in [-0.05, 0) is 37.5 Å². The number of carbonyl (C=O) groups is 2. The summed E-state index contributed by atoms with van der Waals surface area (Å²) in [5.41, 5.74) is 1.46. The van der Waals surface area contributed by atoms with E-state index in [1.54, 1.807) is 12.1 Å². The molecular weight excluding hydrogens is 266 g/mol. The maximum atomic E-state index is 11.9. The molecule has 1 aromatic rings. The molecule has 0 atom stereocenters. The molecule has 0 bridgehead atoms. The molecule has 1 amide bonds. The van der Waals surface area contributed by atoms with E-state index in [0.717, 1.165) is 18.4 Å². The van der Waals surface area contributed by atoms with Gasteiger partial charge in [-0.25, -0.2) is 0 Å². The highest BCUT2D eigenvalue weighted by Gasteiger charge is 2.08. The molecule has 0 aliphatic rings. The first kappa shape index (κ1) is 15.5. The summed E-state index contributed by atoms with van der Waals surface area (Å²) < 4.78 is 0. The molecule has 0 spiro atoms. The van der Waals surface area contributed by atoms with Crippen molar-refractivity contribution in [2.24, 2.45) is 0 Å². The molecule has 4 nitrogen and oxygen atoms in total. The number of hydrogen-bond acceptors (Lipinski definition) is 2. The zero-order chi connectivity index (χ0) is 14.3. The first-order valence-corrected chi connectivity index (χ1v) is 6.64. The van der Waals surface area contributed by atoms with Gasteiger partial charge in [0.05, 0.1) is 0 Å². The molecule has 104 valence electrons. The van der Waals surface area contributed by atoms with Gasteiger partial charge in [-0.15, -0.1) is 0 Å². The molecule has 0 aliphatic carbocycles. The van der Waals surface area contributed by atoms with Gasteiger partial charge in [0.25, 0.3) is 5.91 Å². The van der Waals surface area contributed by atoms with Crippen LogP contribution in [0.25, 0.3) is 0 Å². The van der Waals surface area contributed by atoms with Gasteiger partial charge in [-0.2, -0.15) is 0 Å². The summed E-state index contributed by atoms with van der Waals surface area (Å²) >= 11 is 5.86. The Labute approximate surface area is 117 Å². The Morgan fingerprint density at radius 3 is 2.68 bits per heavy atom. The topological polar surface area (TPSA) is 66.4 Å². The van der Waals surface area contributed by atoms with Gasteiger partial charge in [0, 0.05) is 23.6 Å². The number of amides is 1. The normalized spacial score (nSPS) is 10.2. The number of unbranched alkanes of at least 4 members (excludes halogenated alkanes) is 2. The molecule has 1 rings (SSSR count). The van der Waals surface area contributed by atoms with Crippen LogP contribution in [-0.4, -0.2) is 23.5 Å². The third-order valence-electron chi connectivity index (χ3n) is 2.80. The molecular formula is C14H18ClNO3. The van der Waals surface area contributed by atoms with Gasteiger partial charge in [0.15, 0.2) is 0 Å².